The number of rotatable bonds is 7. The van der Waals surface area contributed by atoms with Gasteiger partial charge in [-0.2, -0.15) is 0 Å². The molecule has 25 heavy (non-hydrogen) atoms. The topological polar surface area (TPSA) is 110 Å². The molecular weight excluding hydrogens is 326 g/mol. The number of aliphatic hydroxyl groups excluding tert-OH is 1. The molecule has 0 aliphatic carbocycles. The summed E-state index contributed by atoms with van der Waals surface area (Å²) in [6.45, 7) is 5.26. The van der Waals surface area contributed by atoms with Crippen molar-refractivity contribution in [3.05, 3.63) is 11.9 Å². The van der Waals surface area contributed by atoms with Crippen LogP contribution in [0.1, 0.15) is 32.0 Å². The predicted molar refractivity (Wildman–Crippen MR) is 89.4 cm³/mol. The van der Waals surface area contributed by atoms with E-state index in [4.69, 9.17) is 9.84 Å². The van der Waals surface area contributed by atoms with Crippen LogP contribution in [0.4, 0.5) is 0 Å². The van der Waals surface area contributed by atoms with E-state index in [-0.39, 0.29) is 36.9 Å². The molecule has 0 saturated carbocycles. The van der Waals surface area contributed by atoms with Crippen molar-refractivity contribution in [2.45, 2.75) is 32.9 Å². The smallest absolute Gasteiger partial charge is 0.249 e. The van der Waals surface area contributed by atoms with Gasteiger partial charge in [-0.05, 0) is 19.3 Å². The highest BCUT2D eigenvalue weighted by Gasteiger charge is 2.35. The molecule has 0 aromatic carbocycles. The van der Waals surface area contributed by atoms with Crippen LogP contribution in [0.5, 0.6) is 0 Å². The van der Waals surface area contributed by atoms with Gasteiger partial charge in [-0.25, -0.2) is 4.68 Å². The quantitative estimate of drug-likeness (QED) is 0.689. The highest BCUT2D eigenvalue weighted by molar-refractivity contribution is 5.83. The number of aromatic nitrogens is 3. The standard InChI is InChI=1S/C16H27N5O4/c1-4-25-10-14(21-8-13(9-22)18-19-21)16(24)20-6-11(2)5-12(7-20)15(23)17-3/h8,11-12,14,22H,4-7,9-10H2,1-3H3,(H,17,23). The van der Waals surface area contributed by atoms with Crippen LogP contribution in [-0.4, -0.2) is 70.2 Å². The molecule has 0 bridgehead atoms. The molecule has 1 saturated heterocycles. The van der Waals surface area contributed by atoms with E-state index in [9.17, 15) is 9.59 Å². The van der Waals surface area contributed by atoms with Crippen molar-refractivity contribution < 1.29 is 19.4 Å². The molecule has 0 radical (unpaired) electrons. The van der Waals surface area contributed by atoms with Gasteiger partial charge in [0.25, 0.3) is 0 Å². The normalized spacial score (nSPS) is 21.8. The maximum Gasteiger partial charge on any atom is 0.249 e. The Bertz CT molecular complexity index is 591. The van der Waals surface area contributed by atoms with E-state index < -0.39 is 6.04 Å². The Kier molecular flexibility index (Phi) is 6.89. The number of carbonyl (C=O) groups is 2. The first-order chi connectivity index (χ1) is 12.0. The predicted octanol–water partition coefficient (Wildman–Crippen LogP) is -0.421. The van der Waals surface area contributed by atoms with Crippen LogP contribution in [0.2, 0.25) is 0 Å². The average molecular weight is 353 g/mol. The van der Waals surface area contributed by atoms with Crippen molar-refractivity contribution in [2.75, 3.05) is 33.4 Å². The van der Waals surface area contributed by atoms with Crippen LogP contribution >= 0.6 is 0 Å². The highest BCUT2D eigenvalue weighted by atomic mass is 16.5. The molecule has 1 aliphatic heterocycles. The van der Waals surface area contributed by atoms with Crippen LogP contribution in [0.3, 0.4) is 0 Å². The van der Waals surface area contributed by atoms with Crippen LogP contribution in [0.25, 0.3) is 0 Å². The summed E-state index contributed by atoms with van der Waals surface area (Å²) >= 11 is 0. The number of piperidine rings is 1. The summed E-state index contributed by atoms with van der Waals surface area (Å²) in [7, 11) is 1.61. The van der Waals surface area contributed by atoms with Crippen LogP contribution in [0.15, 0.2) is 6.20 Å². The largest absolute Gasteiger partial charge is 0.390 e. The van der Waals surface area contributed by atoms with Gasteiger partial charge in [0, 0.05) is 26.7 Å². The molecule has 3 unspecified atom stereocenters. The lowest BCUT2D eigenvalue weighted by Gasteiger charge is -2.37. The molecule has 9 nitrogen and oxygen atoms in total. The van der Waals surface area contributed by atoms with Crippen molar-refractivity contribution in [2.24, 2.45) is 11.8 Å². The number of amides is 2. The fourth-order valence-corrected chi connectivity index (χ4v) is 3.16. The molecule has 0 spiro atoms. The molecule has 2 N–H and O–H groups in total. The number of nitrogens with one attached hydrogen (secondary N) is 1. The maximum atomic E-state index is 13.1. The van der Waals surface area contributed by atoms with E-state index in [0.29, 0.717) is 25.4 Å². The Balaban J connectivity index is 2.17. The van der Waals surface area contributed by atoms with Gasteiger partial charge in [0.05, 0.1) is 25.3 Å². The van der Waals surface area contributed by atoms with Crippen molar-refractivity contribution in [3.8, 4) is 0 Å². The van der Waals surface area contributed by atoms with Crippen LogP contribution in [-0.2, 0) is 20.9 Å². The molecule has 3 atom stereocenters. The van der Waals surface area contributed by atoms with Gasteiger partial charge in [0.2, 0.25) is 11.8 Å². The number of nitrogens with zero attached hydrogens (tertiary/aromatic N) is 4. The number of likely N-dealkylation sites (tertiary alicyclic amines) is 1. The Hall–Kier alpha value is -2.00. The van der Waals surface area contributed by atoms with Crippen molar-refractivity contribution >= 4 is 11.8 Å². The highest BCUT2D eigenvalue weighted by Crippen LogP contribution is 2.24. The Morgan fingerprint density at radius 3 is 2.84 bits per heavy atom. The maximum absolute atomic E-state index is 13.1. The molecule has 1 aliphatic rings. The van der Waals surface area contributed by atoms with Gasteiger partial charge in [-0.15, -0.1) is 5.10 Å². The molecule has 140 valence electrons. The first kappa shape index (κ1) is 19.3. The first-order valence-electron chi connectivity index (χ1n) is 8.59. The van der Waals surface area contributed by atoms with Gasteiger partial charge in [0.1, 0.15) is 5.69 Å². The van der Waals surface area contributed by atoms with Gasteiger partial charge >= 0.3 is 0 Å². The lowest BCUT2D eigenvalue weighted by Crippen LogP contribution is -2.50. The van der Waals surface area contributed by atoms with Gasteiger partial charge in [0.15, 0.2) is 6.04 Å². The van der Waals surface area contributed by atoms with E-state index in [1.807, 2.05) is 13.8 Å². The Labute approximate surface area is 147 Å². The van der Waals surface area contributed by atoms with E-state index >= 15 is 0 Å². The molecular formula is C16H27N5O4. The second kappa shape index (κ2) is 8.91. The van der Waals surface area contributed by atoms with E-state index in [1.54, 1.807) is 18.1 Å². The fraction of sp³-hybridized carbons (Fsp3) is 0.750. The van der Waals surface area contributed by atoms with Gasteiger partial charge < -0.3 is 20.1 Å². The molecule has 2 rings (SSSR count). The lowest BCUT2D eigenvalue weighted by molar-refractivity contribution is -0.141. The minimum Gasteiger partial charge on any atom is -0.390 e. The third kappa shape index (κ3) is 4.76. The molecule has 9 heteroatoms. The molecule has 2 heterocycles. The fourth-order valence-electron chi connectivity index (χ4n) is 3.16. The molecule has 1 aromatic rings. The zero-order valence-electron chi connectivity index (χ0n) is 15.0. The van der Waals surface area contributed by atoms with Crippen molar-refractivity contribution in [1.29, 1.82) is 0 Å². The third-order valence-corrected chi connectivity index (χ3v) is 4.39. The number of ether oxygens (including phenoxy) is 1. The van der Waals surface area contributed by atoms with Crippen molar-refractivity contribution in [1.82, 2.24) is 25.2 Å². The Morgan fingerprint density at radius 1 is 1.48 bits per heavy atom. The number of hydrogen-bond donors (Lipinski definition) is 2. The second-order valence-electron chi connectivity index (χ2n) is 6.42. The summed E-state index contributed by atoms with van der Waals surface area (Å²) in [5.74, 6) is -0.178. The molecule has 1 aromatic heterocycles. The number of hydrogen-bond acceptors (Lipinski definition) is 6. The van der Waals surface area contributed by atoms with Gasteiger partial charge in [-0.3, -0.25) is 9.59 Å². The SMILES string of the molecule is CCOCC(C(=O)N1CC(C)CC(C(=O)NC)C1)n1cc(CO)nn1. The summed E-state index contributed by atoms with van der Waals surface area (Å²) in [5.41, 5.74) is 0.393. The average Bonchev–Trinajstić information content (AvgIpc) is 3.09. The van der Waals surface area contributed by atoms with E-state index in [0.717, 1.165) is 6.42 Å². The van der Waals surface area contributed by atoms with Crippen molar-refractivity contribution in [3.63, 3.8) is 0 Å². The zero-order valence-corrected chi connectivity index (χ0v) is 15.0. The minimum absolute atomic E-state index is 0.0472. The first-order valence-corrected chi connectivity index (χ1v) is 8.59. The van der Waals surface area contributed by atoms with Crippen LogP contribution < -0.4 is 5.32 Å². The Morgan fingerprint density at radius 2 is 2.24 bits per heavy atom. The van der Waals surface area contributed by atoms with E-state index in [2.05, 4.69) is 15.6 Å². The molecule has 1 fully saturated rings. The summed E-state index contributed by atoms with van der Waals surface area (Å²) in [6, 6.07) is -0.664. The number of carbonyl (C=O) groups excluding carboxylic acids is 2. The monoisotopic (exact) mass is 353 g/mol. The zero-order chi connectivity index (χ0) is 18.4. The molecule has 2 amide bonds. The van der Waals surface area contributed by atoms with Crippen LogP contribution in [0, 0.1) is 11.8 Å². The summed E-state index contributed by atoms with van der Waals surface area (Å²) in [6.07, 6.45) is 2.31. The number of aliphatic hydroxyl groups is 1. The minimum atomic E-state index is -0.664. The summed E-state index contributed by atoms with van der Waals surface area (Å²) in [5, 5.41) is 19.6. The third-order valence-electron chi connectivity index (χ3n) is 4.39. The van der Waals surface area contributed by atoms with Gasteiger partial charge in [-0.1, -0.05) is 12.1 Å². The summed E-state index contributed by atoms with van der Waals surface area (Å²) in [4.78, 5) is 26.8. The van der Waals surface area contributed by atoms with E-state index in [1.165, 1.54) is 4.68 Å². The lowest BCUT2D eigenvalue weighted by atomic mass is 9.89. The second-order valence-corrected chi connectivity index (χ2v) is 6.42. The summed E-state index contributed by atoms with van der Waals surface area (Å²) < 4.78 is 6.88.